The van der Waals surface area contributed by atoms with Crippen LogP contribution in [0.3, 0.4) is 0 Å². The predicted molar refractivity (Wildman–Crippen MR) is 105 cm³/mol. The standard InChI is InChI=1S/C20H22N4O2/c1-3-4-5-16(7-6-15-8-10-17(25)11-9-15)13-22-19-18(12-21)23-14(2)24-20(19)26/h3-5,7-12,21-22,25H,1,6,13H2,2H3,(H,23,24,26)/b5-4-,16-7+,21-12?. The molecule has 6 nitrogen and oxygen atoms in total. The molecule has 0 saturated carbocycles. The van der Waals surface area contributed by atoms with Crippen molar-refractivity contribution in [1.29, 1.82) is 5.41 Å². The van der Waals surface area contributed by atoms with Crippen LogP contribution < -0.4 is 10.9 Å². The number of nitrogens with zero attached hydrogens (tertiary/aromatic N) is 1. The van der Waals surface area contributed by atoms with Gasteiger partial charge in [-0.25, -0.2) is 4.98 Å². The first-order valence-corrected chi connectivity index (χ1v) is 8.14. The first-order chi connectivity index (χ1) is 12.5. The van der Waals surface area contributed by atoms with E-state index in [4.69, 9.17) is 5.41 Å². The molecule has 134 valence electrons. The third-order valence-corrected chi connectivity index (χ3v) is 3.65. The molecule has 2 aromatic rings. The molecule has 6 heteroatoms. The van der Waals surface area contributed by atoms with E-state index in [2.05, 4.69) is 21.9 Å². The third-order valence-electron chi connectivity index (χ3n) is 3.65. The normalized spacial score (nSPS) is 11.5. The van der Waals surface area contributed by atoms with E-state index < -0.39 is 0 Å². The molecule has 0 fully saturated rings. The SMILES string of the molecule is C=C/C=C\C(=C/Cc1ccc(O)cc1)CNc1c(C=N)nc(C)[nH]c1=O. The van der Waals surface area contributed by atoms with Crippen molar-refractivity contribution in [2.45, 2.75) is 13.3 Å². The summed E-state index contributed by atoms with van der Waals surface area (Å²) in [7, 11) is 0. The highest BCUT2D eigenvalue weighted by Gasteiger charge is 2.08. The van der Waals surface area contributed by atoms with Crippen LogP contribution in [-0.2, 0) is 6.42 Å². The Morgan fingerprint density at radius 1 is 1.38 bits per heavy atom. The summed E-state index contributed by atoms with van der Waals surface area (Å²) < 4.78 is 0. The lowest BCUT2D eigenvalue weighted by Crippen LogP contribution is -2.20. The Bertz CT molecular complexity index is 893. The highest BCUT2D eigenvalue weighted by molar-refractivity contribution is 5.82. The molecule has 0 unspecified atom stereocenters. The van der Waals surface area contributed by atoms with Crippen LogP contribution in [0, 0.1) is 12.3 Å². The van der Waals surface area contributed by atoms with E-state index in [1.165, 1.54) is 0 Å². The number of phenolic OH excluding ortho intramolecular Hbond substituents is 1. The van der Waals surface area contributed by atoms with Crippen molar-refractivity contribution in [2.75, 3.05) is 11.9 Å². The summed E-state index contributed by atoms with van der Waals surface area (Å²) in [6, 6.07) is 7.01. The summed E-state index contributed by atoms with van der Waals surface area (Å²) in [6.45, 7) is 5.75. The van der Waals surface area contributed by atoms with Crippen LogP contribution in [0.15, 0.2) is 65.5 Å². The molecule has 0 amide bonds. The maximum Gasteiger partial charge on any atom is 0.274 e. The van der Waals surface area contributed by atoms with Crippen molar-refractivity contribution in [3.05, 3.63) is 88.2 Å². The van der Waals surface area contributed by atoms with Gasteiger partial charge in [0, 0.05) is 12.8 Å². The van der Waals surface area contributed by atoms with Crippen molar-refractivity contribution < 1.29 is 5.11 Å². The molecule has 0 bridgehead atoms. The van der Waals surface area contributed by atoms with Gasteiger partial charge in [-0.1, -0.05) is 43.0 Å². The van der Waals surface area contributed by atoms with Gasteiger partial charge >= 0.3 is 0 Å². The monoisotopic (exact) mass is 350 g/mol. The Kier molecular flexibility index (Phi) is 6.68. The number of allylic oxidation sites excluding steroid dienone is 3. The number of H-pyrrole nitrogens is 1. The zero-order valence-electron chi connectivity index (χ0n) is 14.6. The van der Waals surface area contributed by atoms with Crippen LogP contribution in [0.25, 0.3) is 0 Å². The molecule has 0 aliphatic carbocycles. The minimum atomic E-state index is -0.304. The number of phenols is 1. The van der Waals surface area contributed by atoms with Crippen LogP contribution in [-0.4, -0.2) is 27.8 Å². The predicted octanol–water partition coefficient (Wildman–Crippen LogP) is 3.10. The zero-order chi connectivity index (χ0) is 18.9. The maximum absolute atomic E-state index is 12.1. The molecule has 0 aliphatic rings. The van der Waals surface area contributed by atoms with Crippen LogP contribution in [0.1, 0.15) is 17.1 Å². The summed E-state index contributed by atoms with van der Waals surface area (Å²) in [6.07, 6.45) is 9.17. The van der Waals surface area contributed by atoms with Gasteiger partial charge < -0.3 is 20.8 Å². The van der Waals surface area contributed by atoms with Gasteiger partial charge in [-0.2, -0.15) is 0 Å². The van der Waals surface area contributed by atoms with Crippen molar-refractivity contribution >= 4 is 11.9 Å². The number of aromatic nitrogens is 2. The van der Waals surface area contributed by atoms with Crippen molar-refractivity contribution in [1.82, 2.24) is 9.97 Å². The van der Waals surface area contributed by atoms with Crippen molar-refractivity contribution in [2.24, 2.45) is 0 Å². The lowest BCUT2D eigenvalue weighted by Gasteiger charge is -2.09. The molecule has 2 rings (SSSR count). The quantitative estimate of drug-likeness (QED) is 0.434. The largest absolute Gasteiger partial charge is 0.508 e. The van der Waals surface area contributed by atoms with E-state index >= 15 is 0 Å². The minimum absolute atomic E-state index is 0.233. The maximum atomic E-state index is 12.1. The molecule has 0 aliphatic heterocycles. The molecule has 26 heavy (non-hydrogen) atoms. The average molecular weight is 350 g/mol. The molecule has 1 aromatic heterocycles. The second kappa shape index (κ2) is 9.17. The highest BCUT2D eigenvalue weighted by atomic mass is 16.3. The van der Waals surface area contributed by atoms with Gasteiger partial charge in [0.05, 0.1) is 0 Å². The molecule has 0 radical (unpaired) electrons. The topological polar surface area (TPSA) is 102 Å². The highest BCUT2D eigenvalue weighted by Crippen LogP contribution is 2.12. The zero-order valence-corrected chi connectivity index (χ0v) is 14.6. The summed E-state index contributed by atoms with van der Waals surface area (Å²) in [5, 5.41) is 19.9. The minimum Gasteiger partial charge on any atom is -0.508 e. The van der Waals surface area contributed by atoms with E-state index in [9.17, 15) is 9.90 Å². The smallest absolute Gasteiger partial charge is 0.274 e. The van der Waals surface area contributed by atoms with Crippen molar-refractivity contribution in [3.8, 4) is 5.75 Å². The number of aryl methyl sites for hydroxylation is 1. The van der Waals surface area contributed by atoms with Crippen LogP contribution >= 0.6 is 0 Å². The molecular formula is C20H22N4O2. The number of nitrogens with one attached hydrogen (secondary N) is 3. The molecule has 0 atom stereocenters. The molecule has 1 heterocycles. The molecule has 0 saturated heterocycles. The molecule has 4 N–H and O–H groups in total. The number of rotatable bonds is 8. The van der Waals surface area contributed by atoms with Gasteiger partial charge in [-0.15, -0.1) is 0 Å². The van der Waals surface area contributed by atoms with Gasteiger partial charge in [0.1, 0.15) is 23.0 Å². The van der Waals surface area contributed by atoms with Crippen molar-refractivity contribution in [3.63, 3.8) is 0 Å². The second-order valence-electron chi connectivity index (χ2n) is 5.65. The van der Waals surface area contributed by atoms with Gasteiger partial charge in [0.25, 0.3) is 5.56 Å². The van der Waals surface area contributed by atoms with Crippen LogP contribution in [0.5, 0.6) is 5.75 Å². The molecular weight excluding hydrogens is 328 g/mol. The van der Waals surface area contributed by atoms with E-state index in [-0.39, 0.29) is 17.0 Å². The van der Waals surface area contributed by atoms with Gasteiger partial charge in [0.15, 0.2) is 0 Å². The van der Waals surface area contributed by atoms with E-state index in [0.29, 0.717) is 24.5 Å². The average Bonchev–Trinajstić information content (AvgIpc) is 2.63. The Labute approximate surface area is 152 Å². The summed E-state index contributed by atoms with van der Waals surface area (Å²) in [5.74, 6) is 0.699. The fourth-order valence-electron chi connectivity index (χ4n) is 2.35. The Hall–Kier alpha value is -3.41. The lowest BCUT2D eigenvalue weighted by molar-refractivity contribution is 0.475. The number of benzene rings is 1. The molecule has 1 aromatic carbocycles. The van der Waals surface area contributed by atoms with Crippen LogP contribution in [0.4, 0.5) is 5.69 Å². The van der Waals surface area contributed by atoms with E-state index in [0.717, 1.165) is 17.4 Å². The number of anilines is 1. The fraction of sp³-hybridized carbons (Fsp3) is 0.150. The Morgan fingerprint density at radius 3 is 2.77 bits per heavy atom. The number of aromatic amines is 1. The number of hydrogen-bond donors (Lipinski definition) is 4. The second-order valence-corrected chi connectivity index (χ2v) is 5.65. The van der Waals surface area contributed by atoms with E-state index in [1.807, 2.05) is 30.4 Å². The van der Waals surface area contributed by atoms with Gasteiger partial charge in [0.2, 0.25) is 0 Å². The Morgan fingerprint density at radius 2 is 2.12 bits per heavy atom. The Balaban J connectivity index is 2.18. The van der Waals surface area contributed by atoms with Gasteiger partial charge in [-0.05, 0) is 36.6 Å². The number of hydrogen-bond acceptors (Lipinski definition) is 5. The number of aromatic hydroxyl groups is 1. The summed E-state index contributed by atoms with van der Waals surface area (Å²) in [5.41, 5.74) is 2.28. The van der Waals surface area contributed by atoms with Gasteiger partial charge in [-0.3, -0.25) is 4.79 Å². The summed E-state index contributed by atoms with van der Waals surface area (Å²) >= 11 is 0. The lowest BCUT2D eigenvalue weighted by atomic mass is 10.1. The summed E-state index contributed by atoms with van der Waals surface area (Å²) in [4.78, 5) is 18.9. The fourth-order valence-corrected chi connectivity index (χ4v) is 2.35. The molecule has 0 spiro atoms. The third kappa shape index (κ3) is 5.31. The first-order valence-electron chi connectivity index (χ1n) is 8.14. The van der Waals surface area contributed by atoms with E-state index in [1.54, 1.807) is 25.1 Å². The van der Waals surface area contributed by atoms with Crippen LogP contribution in [0.2, 0.25) is 0 Å². The first kappa shape index (κ1) is 18.9.